The Morgan fingerprint density at radius 2 is 1.29 bits per heavy atom. The molecule has 0 aliphatic heterocycles. The second-order valence-electron chi connectivity index (χ2n) is 0.790. The first-order valence-corrected chi connectivity index (χ1v) is 1.82. The molecule has 0 spiro atoms. The maximum atomic E-state index is 8.12. The van der Waals surface area contributed by atoms with Gasteiger partial charge in [0.2, 0.25) is 0 Å². The molecule has 0 heterocycles. The summed E-state index contributed by atoms with van der Waals surface area (Å²) >= 11 is 0. The molecule has 0 bridgehead atoms. The average molecular weight is 122 g/mol. The van der Waals surface area contributed by atoms with Crippen molar-refractivity contribution in [1.82, 2.24) is 0 Å². The van der Waals surface area contributed by atoms with E-state index >= 15 is 0 Å². The third-order valence-electron chi connectivity index (χ3n) is 0. The molecule has 7 heavy (non-hydrogen) atoms. The van der Waals surface area contributed by atoms with E-state index in [1.54, 1.807) is 0 Å². The third-order valence-corrected chi connectivity index (χ3v) is 0. The highest BCUT2D eigenvalue weighted by atomic mass is 32.1. The van der Waals surface area contributed by atoms with E-state index in [9.17, 15) is 0 Å². The molecule has 0 N–H and O–H groups in total. The van der Waals surface area contributed by atoms with Crippen molar-refractivity contribution in [3.05, 3.63) is 0 Å². The fourth-order valence-electron chi connectivity index (χ4n) is 0. The highest BCUT2D eigenvalue weighted by Crippen LogP contribution is 1.56. The van der Waals surface area contributed by atoms with Gasteiger partial charge < -0.3 is 0 Å². The predicted octanol–water partition coefficient (Wildman–Crippen LogP) is 0.946. The van der Waals surface area contributed by atoms with E-state index in [2.05, 4.69) is 13.8 Å². The smallest absolute Gasteiger partial charge is 0.197 e. The maximum absolute atomic E-state index is 8.12. The van der Waals surface area contributed by atoms with Gasteiger partial charge in [-0.1, -0.05) is 20.3 Å². The zero-order valence-electron chi connectivity index (χ0n) is 4.52. The molecule has 44 valence electrons. The van der Waals surface area contributed by atoms with Gasteiger partial charge in [-0.15, -0.1) is 0 Å². The van der Waals surface area contributed by atoms with E-state index in [0.29, 0.717) is 0 Å². The van der Waals surface area contributed by atoms with Crippen LogP contribution in [0.1, 0.15) is 20.3 Å². The summed E-state index contributed by atoms with van der Waals surface area (Å²) < 4.78 is 0. The highest BCUT2D eigenvalue weighted by Gasteiger charge is 1.35. The van der Waals surface area contributed by atoms with Crippen molar-refractivity contribution in [3.8, 4) is 0 Å². The van der Waals surface area contributed by atoms with Crippen LogP contribution in [0, 0.1) is 0 Å². The molecule has 0 unspecified atom stereocenters. The van der Waals surface area contributed by atoms with Gasteiger partial charge in [-0.25, -0.2) is 0 Å². The molecule has 0 aliphatic carbocycles. The normalized spacial score (nSPS) is 3.71. The summed E-state index contributed by atoms with van der Waals surface area (Å²) in [5.74, 6) is 0. The summed E-state index contributed by atoms with van der Waals surface area (Å²) in [6, 6.07) is 0. The summed E-state index contributed by atoms with van der Waals surface area (Å²) in [5.41, 5.74) is 0. The molecule has 0 aliphatic rings. The van der Waals surface area contributed by atoms with E-state index in [4.69, 9.17) is 9.59 Å². The monoisotopic (exact) mass is 122 g/mol. The molecular formula is C4H10O2S. The zero-order valence-corrected chi connectivity index (χ0v) is 5.52. The first kappa shape index (κ1) is 15.9. The van der Waals surface area contributed by atoms with Gasteiger partial charge in [0.1, 0.15) is 0 Å². The third kappa shape index (κ3) is 1090. The van der Waals surface area contributed by atoms with Crippen LogP contribution >= 0.6 is 13.5 Å². The molecule has 2 nitrogen and oxygen atoms in total. The molecular weight excluding hydrogens is 112 g/mol. The summed E-state index contributed by atoms with van der Waals surface area (Å²) in [6.45, 7) is 4.25. The van der Waals surface area contributed by atoms with Gasteiger partial charge in [0, 0.05) is 0 Å². The maximum Gasteiger partial charge on any atom is 0.373 e. The van der Waals surface area contributed by atoms with Crippen LogP contribution in [0.25, 0.3) is 0 Å². The number of carbonyl (C=O) groups excluding carboxylic acids is 2. The van der Waals surface area contributed by atoms with Crippen LogP contribution < -0.4 is 0 Å². The molecule has 0 aromatic carbocycles. The SMILES string of the molecule is CCC.O=C=O.S. The minimum absolute atomic E-state index is 0. The topological polar surface area (TPSA) is 34.1 Å². The summed E-state index contributed by atoms with van der Waals surface area (Å²) in [5, 5.41) is 0. The second-order valence-corrected chi connectivity index (χ2v) is 0.790. The molecule has 0 saturated heterocycles. The standard InChI is InChI=1S/C3H8.CO2.H2S/c1-3-2;2-1-3;/h3H2,1-2H3;;1H2. The van der Waals surface area contributed by atoms with Gasteiger partial charge >= 0.3 is 6.15 Å². The van der Waals surface area contributed by atoms with E-state index < -0.39 is 0 Å². The van der Waals surface area contributed by atoms with Crippen LogP contribution in [0.3, 0.4) is 0 Å². The largest absolute Gasteiger partial charge is 0.373 e. The Morgan fingerprint density at radius 3 is 1.29 bits per heavy atom. The van der Waals surface area contributed by atoms with E-state index in [0.717, 1.165) is 0 Å². The number of hydrogen-bond donors (Lipinski definition) is 0. The summed E-state index contributed by atoms with van der Waals surface area (Å²) in [4.78, 5) is 16.2. The fourth-order valence-corrected chi connectivity index (χ4v) is 0. The van der Waals surface area contributed by atoms with Crippen molar-refractivity contribution in [2.24, 2.45) is 0 Å². The van der Waals surface area contributed by atoms with Crippen LogP contribution in [0.15, 0.2) is 0 Å². The minimum atomic E-state index is 0. The van der Waals surface area contributed by atoms with Crippen molar-refractivity contribution < 1.29 is 9.59 Å². The first-order chi connectivity index (χ1) is 2.83. The molecule has 0 aromatic rings. The van der Waals surface area contributed by atoms with Gasteiger partial charge in [0.25, 0.3) is 0 Å². The van der Waals surface area contributed by atoms with Crippen molar-refractivity contribution in [2.75, 3.05) is 0 Å². The highest BCUT2D eigenvalue weighted by molar-refractivity contribution is 7.59. The number of rotatable bonds is 0. The molecule has 0 saturated carbocycles. The quantitative estimate of drug-likeness (QED) is 0.479. The average Bonchev–Trinajstić information content (AvgIpc) is 1.39. The van der Waals surface area contributed by atoms with E-state index in [1.807, 2.05) is 0 Å². The Balaban J connectivity index is -0.0000000400. The molecule has 0 radical (unpaired) electrons. The molecule has 0 aromatic heterocycles. The van der Waals surface area contributed by atoms with Crippen LogP contribution in [0.5, 0.6) is 0 Å². The van der Waals surface area contributed by atoms with Crippen molar-refractivity contribution in [2.45, 2.75) is 20.3 Å². The predicted molar refractivity (Wildman–Crippen MR) is 31.4 cm³/mol. The lowest BCUT2D eigenvalue weighted by molar-refractivity contribution is -0.191. The zero-order chi connectivity index (χ0) is 5.41. The Hall–Kier alpha value is -0.270. The fraction of sp³-hybridized carbons (Fsp3) is 0.750. The molecule has 0 amide bonds. The number of hydrogen-bond acceptors (Lipinski definition) is 2. The Morgan fingerprint density at radius 1 is 1.29 bits per heavy atom. The minimum Gasteiger partial charge on any atom is -0.197 e. The van der Waals surface area contributed by atoms with Crippen LogP contribution in [0.4, 0.5) is 0 Å². The van der Waals surface area contributed by atoms with Crippen molar-refractivity contribution in [1.29, 1.82) is 0 Å². The molecule has 0 fully saturated rings. The second kappa shape index (κ2) is 42.8. The lowest BCUT2D eigenvalue weighted by Gasteiger charge is -1.48. The lowest BCUT2D eigenvalue weighted by atomic mass is 10.6. The van der Waals surface area contributed by atoms with Crippen molar-refractivity contribution >= 4 is 19.6 Å². The first-order valence-electron chi connectivity index (χ1n) is 1.82. The van der Waals surface area contributed by atoms with Crippen molar-refractivity contribution in [3.63, 3.8) is 0 Å². The van der Waals surface area contributed by atoms with E-state index in [-0.39, 0.29) is 19.6 Å². The molecule has 3 heteroatoms. The van der Waals surface area contributed by atoms with Crippen LogP contribution in [-0.2, 0) is 9.59 Å². The Kier molecular flexibility index (Phi) is 97.2. The van der Waals surface area contributed by atoms with Gasteiger partial charge in [-0.05, 0) is 0 Å². The molecule has 0 rings (SSSR count). The van der Waals surface area contributed by atoms with Gasteiger partial charge in [0.15, 0.2) is 0 Å². The van der Waals surface area contributed by atoms with Gasteiger partial charge in [-0.3, -0.25) is 0 Å². The van der Waals surface area contributed by atoms with Crippen LogP contribution in [0.2, 0.25) is 0 Å². The van der Waals surface area contributed by atoms with Gasteiger partial charge in [-0.2, -0.15) is 23.1 Å². The van der Waals surface area contributed by atoms with Crippen LogP contribution in [-0.4, -0.2) is 6.15 Å². The van der Waals surface area contributed by atoms with Gasteiger partial charge in [0.05, 0.1) is 0 Å². The Labute approximate surface area is 50.4 Å². The Bertz CT molecular complexity index is 39.0. The van der Waals surface area contributed by atoms with E-state index in [1.165, 1.54) is 6.42 Å². The lowest BCUT2D eigenvalue weighted by Crippen LogP contribution is -1.27. The molecule has 0 atom stereocenters. The summed E-state index contributed by atoms with van der Waals surface area (Å²) in [6.07, 6.45) is 1.50. The summed E-state index contributed by atoms with van der Waals surface area (Å²) in [7, 11) is 0.